The first-order valence-electron chi connectivity index (χ1n) is 14.8. The van der Waals surface area contributed by atoms with Gasteiger partial charge in [0.05, 0.1) is 32.4 Å². The minimum Gasteiger partial charge on any atom is -0.493 e. The first kappa shape index (κ1) is 31.5. The van der Waals surface area contributed by atoms with Crippen LogP contribution in [0.1, 0.15) is 46.2 Å². The molecule has 2 aromatic carbocycles. The van der Waals surface area contributed by atoms with Gasteiger partial charge in [-0.1, -0.05) is 19.1 Å². The number of amides is 3. The summed E-state index contributed by atoms with van der Waals surface area (Å²) in [5.74, 6) is 0.126. The van der Waals surface area contributed by atoms with Crippen molar-refractivity contribution in [2.75, 3.05) is 33.3 Å². The molecule has 2 aliphatic heterocycles. The number of fused-ring (bicyclic) bond motifs is 5. The molecule has 0 saturated carbocycles. The van der Waals surface area contributed by atoms with Crippen molar-refractivity contribution in [3.8, 4) is 17.2 Å². The fourth-order valence-electron chi connectivity index (χ4n) is 5.58. The molecule has 3 amide bonds. The zero-order valence-electron chi connectivity index (χ0n) is 25.8. The molecule has 1 saturated heterocycles. The smallest absolute Gasteiger partial charge is 0.331 e. The average molecular weight is 620 g/mol. The van der Waals surface area contributed by atoms with Gasteiger partial charge in [-0.05, 0) is 48.7 Å². The van der Waals surface area contributed by atoms with Crippen LogP contribution >= 0.6 is 0 Å². The highest BCUT2D eigenvalue weighted by Crippen LogP contribution is 2.33. The summed E-state index contributed by atoms with van der Waals surface area (Å²) in [6.45, 7) is 2.62. The van der Waals surface area contributed by atoms with Gasteiger partial charge in [-0.15, -0.1) is 0 Å². The molecular formula is C32H37N5O8. The third-order valence-electron chi connectivity index (χ3n) is 8.05. The van der Waals surface area contributed by atoms with Crippen LogP contribution in [0, 0.1) is 0 Å². The van der Waals surface area contributed by atoms with Crippen molar-refractivity contribution >= 4 is 17.7 Å². The van der Waals surface area contributed by atoms with Gasteiger partial charge >= 0.3 is 5.69 Å². The highest BCUT2D eigenvalue weighted by atomic mass is 16.5. The van der Waals surface area contributed by atoms with Crippen molar-refractivity contribution in [3.05, 3.63) is 86.2 Å². The minimum absolute atomic E-state index is 0.0315. The van der Waals surface area contributed by atoms with Gasteiger partial charge in [0.1, 0.15) is 11.4 Å². The Morgan fingerprint density at radius 3 is 2.60 bits per heavy atom. The highest BCUT2D eigenvalue weighted by Gasteiger charge is 2.35. The number of carbonyl (C=O) groups is 3. The number of methoxy groups -OCH3 is 1. The second kappa shape index (κ2) is 13.4. The van der Waals surface area contributed by atoms with Crippen molar-refractivity contribution < 1.29 is 28.6 Å². The molecule has 2 atom stereocenters. The second-order valence-electron chi connectivity index (χ2n) is 11.2. The summed E-state index contributed by atoms with van der Waals surface area (Å²) in [5, 5.41) is 3.03. The van der Waals surface area contributed by atoms with Crippen molar-refractivity contribution in [3.63, 3.8) is 0 Å². The lowest BCUT2D eigenvalue weighted by Gasteiger charge is -2.39. The van der Waals surface area contributed by atoms with Gasteiger partial charge in [-0.25, -0.2) is 4.79 Å². The summed E-state index contributed by atoms with van der Waals surface area (Å²) >= 11 is 0. The maximum absolute atomic E-state index is 13.6. The lowest BCUT2D eigenvalue weighted by molar-refractivity contribution is -0.124. The molecule has 0 spiro atoms. The summed E-state index contributed by atoms with van der Waals surface area (Å²) in [5.41, 5.74) is -0.0838. The number of ether oxygens (including phenoxy) is 3. The maximum Gasteiger partial charge on any atom is 0.331 e. The van der Waals surface area contributed by atoms with Gasteiger partial charge < -0.3 is 29.3 Å². The predicted molar refractivity (Wildman–Crippen MR) is 164 cm³/mol. The molecule has 2 aliphatic rings. The van der Waals surface area contributed by atoms with E-state index in [1.54, 1.807) is 30.3 Å². The molecule has 3 aromatic rings. The number of carbonyl (C=O) groups excluding carboxylic acids is 3. The number of nitrogens with zero attached hydrogens (tertiary/aromatic N) is 4. The van der Waals surface area contributed by atoms with E-state index < -0.39 is 29.3 Å². The molecule has 3 heterocycles. The molecule has 4 bridgehead atoms. The SMILES string of the molecule is CCCN1CC(=O)N[C@H]2CCN(C(=O)c3cc(=O)n(C)c(=O)n3C)C[C@@H]2OCc2cccc(c2)Oc2cc(ccc2OC)C1=O. The quantitative estimate of drug-likeness (QED) is 0.465. The topological polar surface area (TPSA) is 141 Å². The minimum atomic E-state index is -0.629. The van der Waals surface area contributed by atoms with E-state index in [-0.39, 0.29) is 43.7 Å². The predicted octanol–water partition coefficient (Wildman–Crippen LogP) is 1.67. The summed E-state index contributed by atoms with van der Waals surface area (Å²) in [6.07, 6.45) is 0.367. The normalized spacial score (nSPS) is 18.9. The Balaban J connectivity index is 1.47. The number of hydrogen-bond donors (Lipinski definition) is 1. The van der Waals surface area contributed by atoms with Crippen LogP contribution in [0.3, 0.4) is 0 Å². The first-order valence-corrected chi connectivity index (χ1v) is 14.8. The molecule has 1 aromatic heterocycles. The molecule has 5 rings (SSSR count). The molecule has 0 unspecified atom stereocenters. The Bertz CT molecular complexity index is 1730. The van der Waals surface area contributed by atoms with Crippen LogP contribution < -0.4 is 26.0 Å². The van der Waals surface area contributed by atoms with E-state index in [0.717, 1.165) is 20.8 Å². The van der Waals surface area contributed by atoms with Gasteiger partial charge in [0.2, 0.25) is 5.91 Å². The molecule has 0 radical (unpaired) electrons. The first-order chi connectivity index (χ1) is 21.6. The number of piperidine rings is 1. The third kappa shape index (κ3) is 6.78. The van der Waals surface area contributed by atoms with E-state index in [9.17, 15) is 24.0 Å². The van der Waals surface area contributed by atoms with E-state index in [0.29, 0.717) is 42.2 Å². The van der Waals surface area contributed by atoms with Crippen molar-refractivity contribution in [1.29, 1.82) is 0 Å². The van der Waals surface area contributed by atoms with Crippen molar-refractivity contribution in [2.45, 2.75) is 38.5 Å². The zero-order valence-corrected chi connectivity index (χ0v) is 25.8. The Hall–Kier alpha value is -4.91. The lowest BCUT2D eigenvalue weighted by Crippen LogP contribution is -2.58. The molecule has 45 heavy (non-hydrogen) atoms. The fourth-order valence-corrected chi connectivity index (χ4v) is 5.58. The standard InChI is InChI=1S/C32H37N5O8/c1-5-12-36-18-28(38)33-23-11-13-37(31(41)24-16-29(39)35(3)32(42)34(24)2)17-27(23)44-19-20-7-6-8-22(14-20)45-26-15-21(30(36)40)9-10-25(26)43-4/h6-10,14-16,23,27H,5,11-13,17-19H2,1-4H3,(H,33,38)/t23-,27-/m0/s1. The van der Waals surface area contributed by atoms with E-state index in [2.05, 4.69) is 5.32 Å². The average Bonchev–Trinajstić information content (AvgIpc) is 3.03. The summed E-state index contributed by atoms with van der Waals surface area (Å²) < 4.78 is 20.0. The largest absolute Gasteiger partial charge is 0.493 e. The van der Waals surface area contributed by atoms with Crippen LogP contribution in [0.25, 0.3) is 0 Å². The van der Waals surface area contributed by atoms with Gasteiger partial charge in [0.15, 0.2) is 11.5 Å². The van der Waals surface area contributed by atoms with E-state index in [4.69, 9.17) is 14.2 Å². The summed E-state index contributed by atoms with van der Waals surface area (Å²) in [6, 6.07) is 12.9. The molecule has 13 nitrogen and oxygen atoms in total. The van der Waals surface area contributed by atoms with Gasteiger partial charge in [0.25, 0.3) is 17.4 Å². The number of benzene rings is 2. The number of hydrogen-bond acceptors (Lipinski definition) is 8. The Labute approximate surface area is 259 Å². The summed E-state index contributed by atoms with van der Waals surface area (Å²) in [7, 11) is 4.30. The zero-order chi connectivity index (χ0) is 32.2. The molecule has 238 valence electrons. The van der Waals surface area contributed by atoms with Crippen LogP contribution in [-0.4, -0.2) is 82.1 Å². The van der Waals surface area contributed by atoms with Crippen LogP contribution in [0.4, 0.5) is 0 Å². The van der Waals surface area contributed by atoms with Gasteiger partial charge in [0, 0.05) is 45.4 Å². The Morgan fingerprint density at radius 2 is 1.84 bits per heavy atom. The number of nitrogens with one attached hydrogen (secondary N) is 1. The van der Waals surface area contributed by atoms with E-state index >= 15 is 0 Å². The maximum atomic E-state index is 13.6. The van der Waals surface area contributed by atoms with Gasteiger partial charge in [-0.3, -0.25) is 28.3 Å². The Morgan fingerprint density at radius 1 is 1.04 bits per heavy atom. The van der Waals surface area contributed by atoms with Crippen molar-refractivity contribution in [1.82, 2.24) is 24.3 Å². The number of likely N-dealkylation sites (tertiary alicyclic amines) is 1. The van der Waals surface area contributed by atoms with Crippen LogP contribution in [-0.2, 0) is 30.2 Å². The summed E-state index contributed by atoms with van der Waals surface area (Å²) in [4.78, 5) is 68.3. The molecular weight excluding hydrogens is 582 g/mol. The van der Waals surface area contributed by atoms with Crippen molar-refractivity contribution in [2.24, 2.45) is 14.1 Å². The third-order valence-corrected chi connectivity index (χ3v) is 8.05. The Kier molecular flexibility index (Phi) is 9.37. The second-order valence-corrected chi connectivity index (χ2v) is 11.2. The molecule has 13 heteroatoms. The van der Waals surface area contributed by atoms with Gasteiger partial charge in [-0.2, -0.15) is 0 Å². The highest BCUT2D eigenvalue weighted by molar-refractivity contribution is 5.97. The van der Waals surface area contributed by atoms with Crippen LogP contribution in [0.5, 0.6) is 17.2 Å². The van der Waals surface area contributed by atoms with E-state index in [1.165, 1.54) is 31.0 Å². The molecule has 1 fully saturated rings. The van der Waals surface area contributed by atoms with Crippen LogP contribution in [0.2, 0.25) is 0 Å². The monoisotopic (exact) mass is 619 g/mol. The van der Waals surface area contributed by atoms with E-state index in [1.807, 2.05) is 19.1 Å². The lowest BCUT2D eigenvalue weighted by atomic mass is 10.0. The number of rotatable bonds is 4. The van der Waals surface area contributed by atoms with Crippen LogP contribution in [0.15, 0.2) is 58.1 Å². The fraction of sp³-hybridized carbons (Fsp3) is 0.406. The number of aromatic nitrogens is 2. The molecule has 1 N–H and O–H groups in total. The molecule has 0 aliphatic carbocycles.